The molecule has 0 amide bonds. The zero-order valence-corrected chi connectivity index (χ0v) is 10.3. The number of nitrogens with zero attached hydrogens (tertiary/aromatic N) is 1. The molecule has 1 aromatic rings. The van der Waals surface area contributed by atoms with Crippen molar-refractivity contribution in [1.29, 1.82) is 0 Å². The predicted octanol–water partition coefficient (Wildman–Crippen LogP) is 4.46. The fourth-order valence-corrected chi connectivity index (χ4v) is 1.86. The highest BCUT2D eigenvalue weighted by molar-refractivity contribution is 5.13. The lowest BCUT2D eigenvalue weighted by Gasteiger charge is -2.10. The lowest BCUT2D eigenvalue weighted by molar-refractivity contribution is 0.571. The van der Waals surface area contributed by atoms with Crippen molar-refractivity contribution in [1.82, 2.24) is 4.98 Å². The van der Waals surface area contributed by atoms with Crippen LogP contribution in [-0.2, 0) is 0 Å². The SMILES string of the molecule is CCCCCCC(C)c1cccc(C)n1. The van der Waals surface area contributed by atoms with Gasteiger partial charge in [-0.1, -0.05) is 45.6 Å². The summed E-state index contributed by atoms with van der Waals surface area (Å²) in [6.07, 6.45) is 6.67. The molecule has 1 heteroatoms. The van der Waals surface area contributed by atoms with Crippen LogP contribution in [0.5, 0.6) is 0 Å². The quantitative estimate of drug-likeness (QED) is 0.625. The number of aryl methyl sites for hydroxylation is 1. The van der Waals surface area contributed by atoms with Gasteiger partial charge in [-0.25, -0.2) is 0 Å². The molecule has 0 bridgehead atoms. The summed E-state index contributed by atoms with van der Waals surface area (Å²) in [5, 5.41) is 0. The van der Waals surface area contributed by atoms with E-state index in [-0.39, 0.29) is 0 Å². The monoisotopic (exact) mass is 205 g/mol. The molecule has 1 nitrogen and oxygen atoms in total. The Kier molecular flexibility index (Phi) is 5.38. The third-order valence-electron chi connectivity index (χ3n) is 2.91. The Bertz CT molecular complexity index is 280. The van der Waals surface area contributed by atoms with Crippen LogP contribution in [0.3, 0.4) is 0 Å². The van der Waals surface area contributed by atoms with Gasteiger partial charge in [-0.2, -0.15) is 0 Å². The summed E-state index contributed by atoms with van der Waals surface area (Å²) in [4.78, 5) is 4.57. The van der Waals surface area contributed by atoms with Crippen LogP contribution in [-0.4, -0.2) is 4.98 Å². The molecule has 0 fully saturated rings. The zero-order chi connectivity index (χ0) is 11.1. The fourth-order valence-electron chi connectivity index (χ4n) is 1.86. The van der Waals surface area contributed by atoms with Crippen LogP contribution < -0.4 is 0 Å². The van der Waals surface area contributed by atoms with Crippen LogP contribution in [0.15, 0.2) is 18.2 Å². The molecule has 15 heavy (non-hydrogen) atoms. The summed E-state index contributed by atoms with van der Waals surface area (Å²) in [6, 6.07) is 6.32. The van der Waals surface area contributed by atoms with Gasteiger partial charge in [-0.3, -0.25) is 4.98 Å². The lowest BCUT2D eigenvalue weighted by Crippen LogP contribution is -1.98. The first-order chi connectivity index (χ1) is 7.24. The minimum atomic E-state index is 0.613. The molecule has 0 N–H and O–H groups in total. The van der Waals surface area contributed by atoms with Crippen LogP contribution in [0, 0.1) is 6.92 Å². The van der Waals surface area contributed by atoms with Crippen molar-refractivity contribution in [2.75, 3.05) is 0 Å². The molecule has 1 aromatic heterocycles. The van der Waals surface area contributed by atoms with Crippen molar-refractivity contribution in [2.24, 2.45) is 0 Å². The van der Waals surface area contributed by atoms with Crippen LogP contribution in [0.2, 0.25) is 0 Å². The van der Waals surface area contributed by atoms with E-state index in [1.807, 2.05) is 0 Å². The molecule has 0 saturated carbocycles. The highest BCUT2D eigenvalue weighted by Gasteiger charge is 2.06. The van der Waals surface area contributed by atoms with Crippen molar-refractivity contribution >= 4 is 0 Å². The molecular weight excluding hydrogens is 182 g/mol. The third-order valence-corrected chi connectivity index (χ3v) is 2.91. The van der Waals surface area contributed by atoms with Crippen molar-refractivity contribution in [3.8, 4) is 0 Å². The van der Waals surface area contributed by atoms with Crippen molar-refractivity contribution in [2.45, 2.75) is 58.8 Å². The Morgan fingerprint density at radius 3 is 2.67 bits per heavy atom. The van der Waals surface area contributed by atoms with E-state index in [9.17, 15) is 0 Å². The van der Waals surface area contributed by atoms with Crippen molar-refractivity contribution in [3.05, 3.63) is 29.6 Å². The van der Waals surface area contributed by atoms with E-state index in [1.165, 1.54) is 37.8 Å². The lowest BCUT2D eigenvalue weighted by atomic mass is 9.99. The van der Waals surface area contributed by atoms with Crippen molar-refractivity contribution in [3.63, 3.8) is 0 Å². The topological polar surface area (TPSA) is 12.9 Å². The van der Waals surface area contributed by atoms with Crippen LogP contribution >= 0.6 is 0 Å². The van der Waals surface area contributed by atoms with Crippen LogP contribution in [0.25, 0.3) is 0 Å². The Balaban J connectivity index is 2.36. The predicted molar refractivity (Wildman–Crippen MR) is 66.1 cm³/mol. The van der Waals surface area contributed by atoms with Gasteiger partial charge in [-0.05, 0) is 31.4 Å². The number of pyridine rings is 1. The summed E-state index contributed by atoms with van der Waals surface area (Å²) in [7, 11) is 0. The molecule has 1 rings (SSSR count). The van der Waals surface area contributed by atoms with Crippen LogP contribution in [0.1, 0.15) is 63.3 Å². The summed E-state index contributed by atoms with van der Waals surface area (Å²) in [5.41, 5.74) is 2.39. The zero-order valence-electron chi connectivity index (χ0n) is 10.3. The summed E-state index contributed by atoms with van der Waals surface area (Å²) in [5.74, 6) is 0.613. The van der Waals surface area contributed by atoms with Crippen LogP contribution in [0.4, 0.5) is 0 Å². The standard InChI is InChI=1S/C14H23N/c1-4-5-6-7-9-12(2)14-11-8-10-13(3)15-14/h8,10-12H,4-7,9H2,1-3H3. The number of hydrogen-bond donors (Lipinski definition) is 0. The maximum Gasteiger partial charge on any atom is 0.0434 e. The second-order valence-electron chi connectivity index (χ2n) is 4.45. The third kappa shape index (κ3) is 4.46. The molecule has 0 saturated heterocycles. The molecule has 0 aromatic carbocycles. The van der Waals surface area contributed by atoms with E-state index < -0.39 is 0 Å². The second kappa shape index (κ2) is 6.60. The van der Waals surface area contributed by atoms with Crippen molar-refractivity contribution < 1.29 is 0 Å². The maximum atomic E-state index is 4.57. The Hall–Kier alpha value is -0.850. The number of aromatic nitrogens is 1. The highest BCUT2D eigenvalue weighted by Crippen LogP contribution is 2.20. The fraction of sp³-hybridized carbons (Fsp3) is 0.643. The van der Waals surface area contributed by atoms with Gasteiger partial charge < -0.3 is 0 Å². The van der Waals surface area contributed by atoms with Gasteiger partial charge in [-0.15, -0.1) is 0 Å². The summed E-state index contributed by atoms with van der Waals surface area (Å²) >= 11 is 0. The van der Waals surface area contributed by atoms with Gasteiger partial charge in [0.05, 0.1) is 0 Å². The highest BCUT2D eigenvalue weighted by atomic mass is 14.7. The van der Waals surface area contributed by atoms with Gasteiger partial charge in [0.25, 0.3) is 0 Å². The van der Waals surface area contributed by atoms with Gasteiger partial charge in [0.2, 0.25) is 0 Å². The Labute approximate surface area is 93.9 Å². The van der Waals surface area contributed by atoms with E-state index in [0.717, 1.165) is 5.69 Å². The van der Waals surface area contributed by atoms with Gasteiger partial charge >= 0.3 is 0 Å². The largest absolute Gasteiger partial charge is 0.258 e. The molecule has 1 atom stereocenters. The molecule has 0 spiro atoms. The molecule has 0 aliphatic rings. The molecule has 84 valence electrons. The number of rotatable bonds is 6. The molecule has 0 aliphatic carbocycles. The number of hydrogen-bond acceptors (Lipinski definition) is 1. The normalized spacial score (nSPS) is 12.7. The Morgan fingerprint density at radius 2 is 2.00 bits per heavy atom. The van der Waals surface area contributed by atoms with E-state index in [0.29, 0.717) is 5.92 Å². The first-order valence-corrected chi connectivity index (χ1v) is 6.17. The van der Waals surface area contributed by atoms with E-state index in [1.54, 1.807) is 0 Å². The first-order valence-electron chi connectivity index (χ1n) is 6.17. The molecular formula is C14H23N. The second-order valence-corrected chi connectivity index (χ2v) is 4.45. The molecule has 0 radical (unpaired) electrons. The molecule has 0 aliphatic heterocycles. The van der Waals surface area contributed by atoms with Gasteiger partial charge in [0, 0.05) is 11.4 Å². The Morgan fingerprint density at radius 1 is 1.20 bits per heavy atom. The molecule has 1 heterocycles. The average molecular weight is 205 g/mol. The first kappa shape index (κ1) is 12.2. The summed E-state index contributed by atoms with van der Waals surface area (Å²) < 4.78 is 0. The van der Waals surface area contributed by atoms with E-state index in [2.05, 4.69) is 44.0 Å². The smallest absolute Gasteiger partial charge is 0.0434 e. The minimum Gasteiger partial charge on any atom is -0.258 e. The minimum absolute atomic E-state index is 0.613. The summed E-state index contributed by atoms with van der Waals surface area (Å²) in [6.45, 7) is 6.60. The van der Waals surface area contributed by atoms with E-state index >= 15 is 0 Å². The van der Waals surface area contributed by atoms with Gasteiger partial charge in [0.15, 0.2) is 0 Å². The number of unbranched alkanes of at least 4 members (excludes halogenated alkanes) is 3. The molecule has 1 unspecified atom stereocenters. The maximum absolute atomic E-state index is 4.57. The van der Waals surface area contributed by atoms with E-state index in [4.69, 9.17) is 0 Å². The van der Waals surface area contributed by atoms with Gasteiger partial charge in [0.1, 0.15) is 0 Å². The average Bonchev–Trinajstić information content (AvgIpc) is 2.24.